The molecule has 6 aromatic carbocycles. The number of hydrogen-bond donors (Lipinski definition) is 0. The minimum Gasteiger partial charge on any atom is -0.456 e. The van der Waals surface area contributed by atoms with Crippen LogP contribution in [0.4, 0.5) is 5.69 Å². The van der Waals surface area contributed by atoms with Gasteiger partial charge in [-0.2, -0.15) is 4.57 Å². The largest absolute Gasteiger partial charge is 0.456 e. The first-order valence-corrected chi connectivity index (χ1v) is 16.3. The number of aromatic nitrogens is 2. The molecule has 12 rings (SSSR count). The molecule has 0 saturated heterocycles. The minimum absolute atomic E-state index is 0.0597. The van der Waals surface area contributed by atoms with E-state index in [0.717, 1.165) is 17.3 Å². The van der Waals surface area contributed by atoms with Gasteiger partial charge >= 0.3 is 0 Å². The number of hydrogen-bond acceptors (Lipinski definition) is 3. The minimum atomic E-state index is -0.565. The zero-order valence-corrected chi connectivity index (χ0v) is 25.6. The lowest BCUT2D eigenvalue weighted by Gasteiger charge is -2.43. The van der Waals surface area contributed by atoms with Gasteiger partial charge in [0.1, 0.15) is 17.0 Å². The van der Waals surface area contributed by atoms with E-state index in [9.17, 15) is 0 Å². The first kappa shape index (κ1) is 24.2. The molecule has 4 aliphatic heterocycles. The van der Waals surface area contributed by atoms with E-state index in [0.29, 0.717) is 0 Å². The van der Waals surface area contributed by atoms with Gasteiger partial charge in [-0.1, -0.05) is 66.7 Å². The molecular formula is C42H27N4O+. The highest BCUT2D eigenvalue weighted by atomic mass is 16.5. The SMILES string of the molecule is CN1C(c2cccc3cc4ccccc4cc23)=CN2c3cccc4c3C3(c5c(ccc6c7ccccc7n(c56)-c5cccc[n+]53)O4)C12. The molecule has 0 aliphatic carbocycles. The Bertz CT molecular complexity index is 2780. The van der Waals surface area contributed by atoms with Crippen LogP contribution >= 0.6 is 0 Å². The van der Waals surface area contributed by atoms with Crippen LogP contribution in [0.2, 0.25) is 0 Å². The normalized spacial score (nSPS) is 19.7. The second kappa shape index (κ2) is 8.01. The predicted molar refractivity (Wildman–Crippen MR) is 187 cm³/mol. The summed E-state index contributed by atoms with van der Waals surface area (Å²) in [5.74, 6) is 3.01. The molecule has 47 heavy (non-hydrogen) atoms. The Kier molecular flexibility index (Phi) is 4.12. The van der Waals surface area contributed by atoms with E-state index in [1.165, 1.54) is 71.4 Å². The average Bonchev–Trinajstić information content (AvgIpc) is 3.74. The van der Waals surface area contributed by atoms with Crippen LogP contribution in [0.1, 0.15) is 16.7 Å². The van der Waals surface area contributed by atoms with Crippen LogP contribution in [0.3, 0.4) is 0 Å². The summed E-state index contributed by atoms with van der Waals surface area (Å²) in [7, 11) is 2.28. The standard InChI is InChI=1S/C42H27N4O/c1-43-34(29-14-8-12-27-22-25-10-2-3-11-26(25)23-31(27)29)24-44-33-16-9-17-35-38(33)42(41(43)44)39-36(47-35)20-19-30-28-13-4-5-15-32(28)46(40(30)39)37-18-6-7-21-45(37)42/h2-24,41H,1H3/q+1. The maximum absolute atomic E-state index is 6.86. The lowest BCUT2D eigenvalue weighted by molar-refractivity contribution is -0.743. The number of ether oxygens (including phenoxy) is 1. The van der Waals surface area contributed by atoms with Gasteiger partial charge in [0.15, 0.2) is 11.7 Å². The summed E-state index contributed by atoms with van der Waals surface area (Å²) in [6.07, 6.45) is 4.60. The van der Waals surface area contributed by atoms with E-state index in [1.807, 2.05) is 0 Å². The number of para-hydroxylation sites is 1. The van der Waals surface area contributed by atoms with Crippen molar-refractivity contribution in [2.45, 2.75) is 11.7 Å². The smallest absolute Gasteiger partial charge is 0.288 e. The number of rotatable bonds is 1. The molecule has 0 saturated carbocycles. The Morgan fingerprint density at radius 2 is 1.45 bits per heavy atom. The van der Waals surface area contributed by atoms with Crippen molar-refractivity contribution in [3.63, 3.8) is 0 Å². The highest BCUT2D eigenvalue weighted by Gasteiger charge is 2.68. The molecule has 0 amide bonds. The molecule has 2 atom stereocenters. The summed E-state index contributed by atoms with van der Waals surface area (Å²) < 4.78 is 11.8. The van der Waals surface area contributed by atoms with Gasteiger partial charge in [-0.3, -0.25) is 0 Å². The van der Waals surface area contributed by atoms with Crippen molar-refractivity contribution in [2.24, 2.45) is 0 Å². The lowest BCUT2D eigenvalue weighted by atomic mass is 9.76. The van der Waals surface area contributed by atoms with Gasteiger partial charge in [0.2, 0.25) is 5.54 Å². The Balaban J connectivity index is 1.20. The van der Waals surface area contributed by atoms with Crippen LogP contribution in [-0.2, 0) is 5.54 Å². The van der Waals surface area contributed by atoms with Crippen LogP contribution in [0.5, 0.6) is 11.5 Å². The van der Waals surface area contributed by atoms with Crippen molar-refractivity contribution in [3.05, 3.63) is 156 Å². The number of nitrogens with zero attached hydrogens (tertiary/aromatic N) is 4. The van der Waals surface area contributed by atoms with E-state index in [-0.39, 0.29) is 6.17 Å². The van der Waals surface area contributed by atoms with Crippen LogP contribution in [0.15, 0.2) is 140 Å². The Morgan fingerprint density at radius 1 is 0.660 bits per heavy atom. The first-order valence-electron chi connectivity index (χ1n) is 16.3. The monoisotopic (exact) mass is 603 g/mol. The fraction of sp³-hybridized carbons (Fsp3) is 0.0714. The summed E-state index contributed by atoms with van der Waals surface area (Å²) in [6, 6.07) is 46.5. The Labute approximate surface area is 270 Å². The van der Waals surface area contributed by atoms with Crippen molar-refractivity contribution in [1.29, 1.82) is 0 Å². The Morgan fingerprint density at radius 3 is 2.38 bits per heavy atom. The summed E-state index contributed by atoms with van der Waals surface area (Å²) in [5, 5.41) is 7.56. The molecule has 2 unspecified atom stereocenters. The van der Waals surface area contributed by atoms with Crippen LogP contribution in [0.25, 0.3) is 54.9 Å². The van der Waals surface area contributed by atoms with Gasteiger partial charge in [0, 0.05) is 35.6 Å². The second-order valence-corrected chi connectivity index (χ2v) is 13.3. The molecule has 5 heteroatoms. The van der Waals surface area contributed by atoms with Crippen molar-refractivity contribution >= 4 is 54.7 Å². The number of anilines is 1. The van der Waals surface area contributed by atoms with Crippen molar-refractivity contribution < 1.29 is 9.30 Å². The second-order valence-electron chi connectivity index (χ2n) is 13.3. The molecule has 0 bridgehead atoms. The van der Waals surface area contributed by atoms with Gasteiger partial charge < -0.3 is 14.5 Å². The van der Waals surface area contributed by atoms with E-state index in [1.54, 1.807) is 0 Å². The molecule has 8 aromatic rings. The maximum Gasteiger partial charge on any atom is 0.288 e. The highest BCUT2D eigenvalue weighted by molar-refractivity contribution is 6.12. The molecule has 0 radical (unpaired) electrons. The lowest BCUT2D eigenvalue weighted by Crippen LogP contribution is -2.70. The van der Waals surface area contributed by atoms with E-state index in [4.69, 9.17) is 4.74 Å². The van der Waals surface area contributed by atoms with Gasteiger partial charge in [0.05, 0.1) is 28.7 Å². The van der Waals surface area contributed by atoms with Gasteiger partial charge in [-0.15, -0.1) is 0 Å². The predicted octanol–water partition coefficient (Wildman–Crippen LogP) is 8.68. The molecule has 4 aliphatic rings. The Hall–Kier alpha value is -6.07. The van der Waals surface area contributed by atoms with E-state index >= 15 is 0 Å². The van der Waals surface area contributed by atoms with E-state index < -0.39 is 5.54 Å². The van der Waals surface area contributed by atoms with E-state index in [2.05, 4.69) is 166 Å². The zero-order chi connectivity index (χ0) is 30.6. The molecule has 0 N–H and O–H groups in total. The zero-order valence-electron chi connectivity index (χ0n) is 25.6. The summed E-state index contributed by atoms with van der Waals surface area (Å²) in [6.45, 7) is 0. The maximum atomic E-state index is 6.86. The van der Waals surface area contributed by atoms with Crippen LogP contribution < -0.4 is 14.2 Å². The summed E-state index contributed by atoms with van der Waals surface area (Å²) in [5.41, 5.74) is 7.98. The van der Waals surface area contributed by atoms with Crippen LogP contribution in [-0.4, -0.2) is 22.7 Å². The molecular weight excluding hydrogens is 576 g/mol. The molecule has 1 spiro atoms. The van der Waals surface area contributed by atoms with Crippen molar-refractivity contribution in [2.75, 3.05) is 11.9 Å². The number of pyridine rings is 1. The van der Waals surface area contributed by atoms with Crippen molar-refractivity contribution in [1.82, 2.24) is 9.47 Å². The molecule has 220 valence electrons. The number of likely N-dealkylation sites (N-methyl/N-ethyl adjacent to an activating group) is 1. The highest BCUT2D eigenvalue weighted by Crippen LogP contribution is 2.63. The molecule has 2 aromatic heterocycles. The number of fused-ring (bicyclic) bond motifs is 9. The fourth-order valence-corrected chi connectivity index (χ4v) is 9.46. The average molecular weight is 604 g/mol. The third-order valence-electron chi connectivity index (χ3n) is 11.2. The molecule has 6 heterocycles. The fourth-order valence-electron chi connectivity index (χ4n) is 9.46. The number of benzene rings is 6. The third-order valence-corrected chi connectivity index (χ3v) is 11.2. The molecule has 5 nitrogen and oxygen atoms in total. The van der Waals surface area contributed by atoms with Crippen LogP contribution in [0, 0.1) is 0 Å². The topological polar surface area (TPSA) is 24.5 Å². The van der Waals surface area contributed by atoms with Crippen molar-refractivity contribution in [3.8, 4) is 17.3 Å². The summed E-state index contributed by atoms with van der Waals surface area (Å²) in [4.78, 5) is 5.03. The van der Waals surface area contributed by atoms with Gasteiger partial charge in [-0.05, 0) is 76.1 Å². The molecule has 0 fully saturated rings. The third kappa shape index (κ3) is 2.63. The van der Waals surface area contributed by atoms with Gasteiger partial charge in [0.25, 0.3) is 5.82 Å². The quantitative estimate of drug-likeness (QED) is 0.139. The van der Waals surface area contributed by atoms with Gasteiger partial charge in [-0.25, -0.2) is 4.57 Å². The first-order chi connectivity index (χ1) is 23.2. The summed E-state index contributed by atoms with van der Waals surface area (Å²) >= 11 is 0.